The lowest BCUT2D eigenvalue weighted by molar-refractivity contribution is -0.146. The van der Waals surface area contributed by atoms with Gasteiger partial charge in [-0.2, -0.15) is 0 Å². The Hall–Kier alpha value is -1.51. The summed E-state index contributed by atoms with van der Waals surface area (Å²) in [6, 6.07) is 18.1. The molecule has 0 amide bonds. The Balaban J connectivity index is 2.03. The molecular weight excluding hydrogens is 283 g/mol. The third-order valence-electron chi connectivity index (χ3n) is 2.61. The van der Waals surface area contributed by atoms with Gasteiger partial charge < -0.3 is 4.74 Å². The zero-order chi connectivity index (χ0) is 13.7. The molecule has 0 fully saturated rings. The van der Waals surface area contributed by atoms with Crippen LogP contribution in [0.25, 0.3) is 0 Å². The highest BCUT2D eigenvalue weighted by molar-refractivity contribution is 6.56. The molecule has 0 bridgehead atoms. The number of ether oxygens (including phenoxy) is 1. The van der Waals surface area contributed by atoms with E-state index in [2.05, 4.69) is 0 Å². The minimum absolute atomic E-state index is 0.147. The Morgan fingerprint density at radius 2 is 1.47 bits per heavy atom. The molecule has 2 aromatic carbocycles. The Morgan fingerprint density at radius 3 is 2.05 bits per heavy atom. The number of hydrogen-bond donors (Lipinski definition) is 0. The van der Waals surface area contributed by atoms with Gasteiger partial charge >= 0.3 is 5.97 Å². The Morgan fingerprint density at radius 1 is 0.947 bits per heavy atom. The second kappa shape index (κ2) is 6.09. The molecule has 0 aliphatic carbocycles. The van der Waals surface area contributed by atoms with Crippen molar-refractivity contribution in [3.05, 3.63) is 71.8 Å². The van der Waals surface area contributed by atoms with Gasteiger partial charge in [0.2, 0.25) is 4.33 Å². The predicted molar refractivity (Wildman–Crippen MR) is 76.1 cm³/mol. The number of carbonyl (C=O) groups is 1. The summed E-state index contributed by atoms with van der Waals surface area (Å²) < 4.78 is 3.46. The first kappa shape index (κ1) is 13.9. The van der Waals surface area contributed by atoms with Crippen LogP contribution < -0.4 is 0 Å². The number of hydrogen-bond acceptors (Lipinski definition) is 2. The van der Waals surface area contributed by atoms with Crippen molar-refractivity contribution in [2.45, 2.75) is 10.9 Å². The fourth-order valence-electron chi connectivity index (χ4n) is 1.58. The van der Waals surface area contributed by atoms with Crippen LogP contribution in [-0.2, 0) is 20.5 Å². The summed E-state index contributed by atoms with van der Waals surface area (Å²) in [5.41, 5.74) is 1.38. The van der Waals surface area contributed by atoms with Crippen molar-refractivity contribution in [2.75, 3.05) is 0 Å². The van der Waals surface area contributed by atoms with Crippen LogP contribution in [0.2, 0.25) is 0 Å². The number of carbonyl (C=O) groups excluding carboxylic acids is 1. The summed E-state index contributed by atoms with van der Waals surface area (Å²) in [7, 11) is 0. The second-order valence-electron chi connectivity index (χ2n) is 4.00. The third kappa shape index (κ3) is 3.49. The normalized spacial score (nSPS) is 11.1. The van der Waals surface area contributed by atoms with Gasteiger partial charge in [-0.05, 0) is 11.1 Å². The van der Waals surface area contributed by atoms with Crippen molar-refractivity contribution in [1.29, 1.82) is 0 Å². The van der Waals surface area contributed by atoms with E-state index in [4.69, 9.17) is 27.9 Å². The van der Waals surface area contributed by atoms with E-state index >= 15 is 0 Å². The molecule has 0 saturated carbocycles. The quantitative estimate of drug-likeness (QED) is 0.628. The first-order chi connectivity index (χ1) is 9.10. The summed E-state index contributed by atoms with van der Waals surface area (Å²) in [4.78, 5) is 12.0. The minimum atomic E-state index is -1.68. The Kier molecular flexibility index (Phi) is 4.46. The lowest BCUT2D eigenvalue weighted by Gasteiger charge is -2.18. The molecule has 19 heavy (non-hydrogen) atoms. The molecule has 0 aliphatic rings. The van der Waals surface area contributed by atoms with Crippen LogP contribution in [0.15, 0.2) is 60.7 Å². The molecule has 0 spiro atoms. The van der Waals surface area contributed by atoms with Gasteiger partial charge in [0.15, 0.2) is 0 Å². The van der Waals surface area contributed by atoms with Crippen LogP contribution in [0.5, 0.6) is 0 Å². The molecule has 0 N–H and O–H groups in total. The SMILES string of the molecule is O=C(OCc1ccccc1)C(Cl)(Cl)c1ccccc1. The maximum atomic E-state index is 12.0. The first-order valence-electron chi connectivity index (χ1n) is 5.75. The molecule has 4 heteroatoms. The van der Waals surface area contributed by atoms with Gasteiger partial charge in [-0.3, -0.25) is 0 Å². The van der Waals surface area contributed by atoms with Crippen LogP contribution >= 0.6 is 23.2 Å². The minimum Gasteiger partial charge on any atom is -0.458 e. The van der Waals surface area contributed by atoms with E-state index in [1.807, 2.05) is 36.4 Å². The summed E-state index contributed by atoms with van der Waals surface area (Å²) in [5.74, 6) is -0.675. The zero-order valence-electron chi connectivity index (χ0n) is 10.1. The number of halogens is 2. The second-order valence-corrected chi connectivity index (χ2v) is 5.33. The van der Waals surface area contributed by atoms with E-state index < -0.39 is 10.3 Å². The standard InChI is InChI=1S/C15H12Cl2O2/c16-15(17,13-9-5-2-6-10-13)14(18)19-11-12-7-3-1-4-8-12/h1-10H,11H2. The van der Waals surface area contributed by atoms with Crippen molar-refractivity contribution in [2.24, 2.45) is 0 Å². The molecule has 0 unspecified atom stereocenters. The fraction of sp³-hybridized carbons (Fsp3) is 0.133. The number of rotatable bonds is 4. The molecule has 0 radical (unpaired) electrons. The predicted octanol–water partition coefficient (Wildman–Crippen LogP) is 4.06. The van der Waals surface area contributed by atoms with Gasteiger partial charge in [0.25, 0.3) is 0 Å². The Bertz CT molecular complexity index is 539. The van der Waals surface area contributed by atoms with Crippen LogP contribution in [0, 0.1) is 0 Å². The van der Waals surface area contributed by atoms with Crippen LogP contribution in [0.3, 0.4) is 0 Å². The maximum Gasteiger partial charge on any atom is 0.347 e. The summed E-state index contributed by atoms with van der Waals surface area (Å²) in [6.45, 7) is 0.147. The molecule has 2 aromatic rings. The van der Waals surface area contributed by atoms with Gasteiger partial charge in [-0.1, -0.05) is 83.9 Å². The summed E-state index contributed by atoms with van der Waals surface area (Å²) >= 11 is 12.1. The zero-order valence-corrected chi connectivity index (χ0v) is 11.6. The van der Waals surface area contributed by atoms with Crippen LogP contribution in [0.4, 0.5) is 0 Å². The third-order valence-corrected chi connectivity index (χ3v) is 3.35. The molecule has 0 saturated heterocycles. The van der Waals surface area contributed by atoms with E-state index in [1.165, 1.54) is 0 Å². The van der Waals surface area contributed by atoms with E-state index in [1.54, 1.807) is 24.3 Å². The van der Waals surface area contributed by atoms with Crippen molar-refractivity contribution >= 4 is 29.2 Å². The topological polar surface area (TPSA) is 26.3 Å². The largest absolute Gasteiger partial charge is 0.458 e. The van der Waals surface area contributed by atoms with Crippen molar-refractivity contribution in [1.82, 2.24) is 0 Å². The lowest BCUT2D eigenvalue weighted by atomic mass is 10.1. The average molecular weight is 295 g/mol. The van der Waals surface area contributed by atoms with Gasteiger partial charge in [0, 0.05) is 0 Å². The summed E-state index contributed by atoms with van der Waals surface area (Å²) in [6.07, 6.45) is 0. The summed E-state index contributed by atoms with van der Waals surface area (Å²) in [5, 5.41) is 0. The number of esters is 1. The average Bonchev–Trinajstić information content (AvgIpc) is 2.46. The Labute approximate surface area is 121 Å². The highest BCUT2D eigenvalue weighted by Gasteiger charge is 2.37. The molecule has 0 atom stereocenters. The molecule has 98 valence electrons. The van der Waals surface area contributed by atoms with Gasteiger partial charge in [0.1, 0.15) is 6.61 Å². The van der Waals surface area contributed by atoms with Crippen LogP contribution in [-0.4, -0.2) is 5.97 Å². The number of benzene rings is 2. The highest BCUT2D eigenvalue weighted by Crippen LogP contribution is 2.35. The molecular formula is C15H12Cl2O2. The first-order valence-corrected chi connectivity index (χ1v) is 6.51. The van der Waals surface area contributed by atoms with E-state index in [-0.39, 0.29) is 6.61 Å². The van der Waals surface area contributed by atoms with E-state index in [0.717, 1.165) is 5.56 Å². The molecule has 0 heterocycles. The van der Waals surface area contributed by atoms with Gasteiger partial charge in [-0.25, -0.2) is 4.79 Å². The van der Waals surface area contributed by atoms with Crippen molar-refractivity contribution < 1.29 is 9.53 Å². The number of alkyl halides is 2. The lowest BCUT2D eigenvalue weighted by Crippen LogP contribution is -2.25. The van der Waals surface area contributed by atoms with Crippen LogP contribution in [0.1, 0.15) is 11.1 Å². The van der Waals surface area contributed by atoms with E-state index in [0.29, 0.717) is 5.56 Å². The molecule has 0 aromatic heterocycles. The highest BCUT2D eigenvalue weighted by atomic mass is 35.5. The smallest absolute Gasteiger partial charge is 0.347 e. The van der Waals surface area contributed by atoms with E-state index in [9.17, 15) is 4.79 Å². The fourth-order valence-corrected chi connectivity index (χ4v) is 1.94. The maximum absolute atomic E-state index is 12.0. The van der Waals surface area contributed by atoms with Gasteiger partial charge in [-0.15, -0.1) is 0 Å². The molecule has 2 nitrogen and oxygen atoms in total. The molecule has 0 aliphatic heterocycles. The monoisotopic (exact) mass is 294 g/mol. The van der Waals surface area contributed by atoms with Crippen molar-refractivity contribution in [3.63, 3.8) is 0 Å². The molecule has 2 rings (SSSR count). The van der Waals surface area contributed by atoms with Gasteiger partial charge in [0.05, 0.1) is 0 Å². The van der Waals surface area contributed by atoms with Crippen molar-refractivity contribution in [3.8, 4) is 0 Å².